The summed E-state index contributed by atoms with van der Waals surface area (Å²) in [5.41, 5.74) is 1.94. The van der Waals surface area contributed by atoms with Gasteiger partial charge in [-0.1, -0.05) is 13.8 Å². The van der Waals surface area contributed by atoms with Gasteiger partial charge < -0.3 is 10.0 Å². The first-order chi connectivity index (χ1) is 9.08. The van der Waals surface area contributed by atoms with Crippen LogP contribution in [0.25, 0.3) is 0 Å². The van der Waals surface area contributed by atoms with Crippen LogP contribution >= 0.6 is 0 Å². The van der Waals surface area contributed by atoms with Crippen LogP contribution in [0.2, 0.25) is 0 Å². The Morgan fingerprint density at radius 2 is 2.00 bits per heavy atom. The Morgan fingerprint density at radius 1 is 1.21 bits per heavy atom. The average Bonchev–Trinajstić information content (AvgIpc) is 2.64. The zero-order chi connectivity index (χ0) is 13.8. The van der Waals surface area contributed by atoms with Gasteiger partial charge in [0.05, 0.1) is 23.7 Å². The summed E-state index contributed by atoms with van der Waals surface area (Å²) in [6.07, 6.45) is 5.30. The van der Waals surface area contributed by atoms with E-state index in [-0.39, 0.29) is 0 Å². The molecule has 0 spiro atoms. The third-order valence-corrected chi connectivity index (χ3v) is 4.28. The molecule has 1 fully saturated rings. The molecule has 0 aromatic carbocycles. The fourth-order valence-corrected chi connectivity index (χ4v) is 2.88. The fourth-order valence-electron chi connectivity index (χ4n) is 2.88. The maximum Gasteiger partial charge on any atom is 0.0931 e. The number of pyridine rings is 1. The van der Waals surface area contributed by atoms with Gasteiger partial charge in [0, 0.05) is 13.1 Å². The summed E-state index contributed by atoms with van der Waals surface area (Å²) in [6.45, 7) is 8.66. The minimum Gasteiger partial charge on any atom is -0.387 e. The number of rotatable bonds is 3. The standard InChI is InChI=1S/C16H26N2O/c1-12(2)14-5-4-9-18(10-8-14)15-6-7-16(13(3)19)17-11-15/h6-7,11-14,19H,4-5,8-10H2,1-3H3. The Labute approximate surface area is 116 Å². The lowest BCUT2D eigenvalue weighted by Crippen LogP contribution is -2.24. The Bertz CT molecular complexity index is 386. The molecule has 0 aliphatic carbocycles. The summed E-state index contributed by atoms with van der Waals surface area (Å²) in [7, 11) is 0. The van der Waals surface area contributed by atoms with Gasteiger partial charge in [0.1, 0.15) is 0 Å². The van der Waals surface area contributed by atoms with Gasteiger partial charge in [-0.15, -0.1) is 0 Å². The maximum atomic E-state index is 9.49. The highest BCUT2D eigenvalue weighted by Crippen LogP contribution is 2.27. The minimum atomic E-state index is -0.483. The molecule has 2 atom stereocenters. The summed E-state index contributed by atoms with van der Waals surface area (Å²) in [6, 6.07) is 4.02. The van der Waals surface area contributed by atoms with E-state index in [2.05, 4.69) is 29.8 Å². The van der Waals surface area contributed by atoms with Crippen LogP contribution < -0.4 is 4.90 Å². The van der Waals surface area contributed by atoms with E-state index in [1.807, 2.05) is 12.3 Å². The molecule has 1 aliphatic heterocycles. The average molecular weight is 262 g/mol. The summed E-state index contributed by atoms with van der Waals surface area (Å²) >= 11 is 0. The first-order valence-corrected chi connectivity index (χ1v) is 7.47. The first kappa shape index (κ1) is 14.3. The largest absolute Gasteiger partial charge is 0.387 e. The van der Waals surface area contributed by atoms with Crippen LogP contribution in [-0.4, -0.2) is 23.2 Å². The maximum absolute atomic E-state index is 9.49. The molecule has 3 nitrogen and oxygen atoms in total. The van der Waals surface area contributed by atoms with E-state index >= 15 is 0 Å². The van der Waals surface area contributed by atoms with Crippen molar-refractivity contribution < 1.29 is 5.11 Å². The number of aliphatic hydroxyl groups excluding tert-OH is 1. The molecule has 1 saturated heterocycles. The number of hydrogen-bond acceptors (Lipinski definition) is 3. The van der Waals surface area contributed by atoms with Crippen molar-refractivity contribution in [2.75, 3.05) is 18.0 Å². The van der Waals surface area contributed by atoms with E-state index in [1.165, 1.54) is 24.9 Å². The Kier molecular flexibility index (Phi) is 4.81. The van der Waals surface area contributed by atoms with Gasteiger partial charge in [-0.05, 0) is 50.2 Å². The van der Waals surface area contributed by atoms with Crippen LogP contribution in [0, 0.1) is 11.8 Å². The van der Waals surface area contributed by atoms with Gasteiger partial charge in [-0.3, -0.25) is 4.98 Å². The third kappa shape index (κ3) is 3.69. The molecule has 1 aromatic rings. The van der Waals surface area contributed by atoms with Crippen molar-refractivity contribution in [2.24, 2.45) is 11.8 Å². The fraction of sp³-hybridized carbons (Fsp3) is 0.688. The molecule has 0 bridgehead atoms. The van der Waals surface area contributed by atoms with Gasteiger partial charge in [0.15, 0.2) is 0 Å². The van der Waals surface area contributed by atoms with E-state index in [4.69, 9.17) is 0 Å². The van der Waals surface area contributed by atoms with Crippen molar-refractivity contribution in [3.05, 3.63) is 24.0 Å². The quantitative estimate of drug-likeness (QED) is 0.907. The third-order valence-electron chi connectivity index (χ3n) is 4.28. The van der Waals surface area contributed by atoms with Gasteiger partial charge in [-0.2, -0.15) is 0 Å². The van der Waals surface area contributed by atoms with E-state index in [1.54, 1.807) is 6.92 Å². The second-order valence-electron chi connectivity index (χ2n) is 6.04. The molecule has 0 radical (unpaired) electrons. The smallest absolute Gasteiger partial charge is 0.0931 e. The van der Waals surface area contributed by atoms with Crippen LogP contribution in [0.15, 0.2) is 18.3 Å². The lowest BCUT2D eigenvalue weighted by atomic mass is 9.89. The van der Waals surface area contributed by atoms with Crippen LogP contribution in [-0.2, 0) is 0 Å². The Hall–Kier alpha value is -1.09. The van der Waals surface area contributed by atoms with E-state index in [9.17, 15) is 5.11 Å². The summed E-state index contributed by atoms with van der Waals surface area (Å²) in [4.78, 5) is 6.78. The second kappa shape index (κ2) is 6.38. The highest BCUT2D eigenvalue weighted by molar-refractivity contribution is 5.44. The SMILES string of the molecule is CC(O)c1ccc(N2CCCC(C(C)C)CC2)cn1. The first-order valence-electron chi connectivity index (χ1n) is 7.47. The van der Waals surface area contributed by atoms with Crippen molar-refractivity contribution >= 4 is 5.69 Å². The van der Waals surface area contributed by atoms with Crippen LogP contribution in [0.4, 0.5) is 5.69 Å². The lowest BCUT2D eigenvalue weighted by molar-refractivity contribution is 0.194. The molecule has 1 aliphatic rings. The molecule has 3 heteroatoms. The molecule has 0 saturated carbocycles. The predicted molar refractivity (Wildman–Crippen MR) is 79.3 cm³/mol. The monoisotopic (exact) mass is 262 g/mol. The highest BCUT2D eigenvalue weighted by atomic mass is 16.3. The van der Waals surface area contributed by atoms with E-state index in [0.717, 1.165) is 30.6 Å². The van der Waals surface area contributed by atoms with Crippen LogP contribution in [0.3, 0.4) is 0 Å². The number of nitrogens with zero attached hydrogens (tertiary/aromatic N) is 2. The minimum absolute atomic E-state index is 0.483. The van der Waals surface area contributed by atoms with Gasteiger partial charge in [0.2, 0.25) is 0 Å². The summed E-state index contributed by atoms with van der Waals surface area (Å²) in [5.74, 6) is 1.64. The molecule has 2 unspecified atom stereocenters. The molecular formula is C16H26N2O. The molecule has 2 rings (SSSR count). The normalized spacial score (nSPS) is 22.4. The molecule has 2 heterocycles. The van der Waals surface area contributed by atoms with Crippen LogP contribution in [0.1, 0.15) is 51.8 Å². The van der Waals surface area contributed by atoms with Gasteiger partial charge >= 0.3 is 0 Å². The van der Waals surface area contributed by atoms with Crippen molar-refractivity contribution in [3.63, 3.8) is 0 Å². The summed E-state index contributed by atoms with van der Waals surface area (Å²) < 4.78 is 0. The Morgan fingerprint density at radius 3 is 2.58 bits per heavy atom. The zero-order valence-electron chi connectivity index (χ0n) is 12.3. The van der Waals surface area contributed by atoms with E-state index in [0.29, 0.717) is 0 Å². The van der Waals surface area contributed by atoms with Crippen LogP contribution in [0.5, 0.6) is 0 Å². The molecule has 106 valence electrons. The number of aromatic nitrogens is 1. The van der Waals surface area contributed by atoms with E-state index < -0.39 is 6.10 Å². The number of aliphatic hydroxyl groups is 1. The lowest BCUT2D eigenvalue weighted by Gasteiger charge is -2.23. The highest BCUT2D eigenvalue weighted by Gasteiger charge is 2.19. The van der Waals surface area contributed by atoms with Crippen molar-refractivity contribution in [3.8, 4) is 0 Å². The Balaban J connectivity index is 2.01. The van der Waals surface area contributed by atoms with Crippen molar-refractivity contribution in [1.82, 2.24) is 4.98 Å². The molecule has 0 amide bonds. The molecule has 19 heavy (non-hydrogen) atoms. The molecule has 1 aromatic heterocycles. The molecular weight excluding hydrogens is 236 g/mol. The topological polar surface area (TPSA) is 36.4 Å². The predicted octanol–water partition coefficient (Wildman–Crippen LogP) is 3.40. The zero-order valence-corrected chi connectivity index (χ0v) is 12.3. The number of anilines is 1. The number of hydrogen-bond donors (Lipinski definition) is 1. The van der Waals surface area contributed by atoms with Crippen molar-refractivity contribution in [2.45, 2.75) is 46.1 Å². The molecule has 1 N–H and O–H groups in total. The van der Waals surface area contributed by atoms with Gasteiger partial charge in [-0.25, -0.2) is 0 Å². The second-order valence-corrected chi connectivity index (χ2v) is 6.04. The van der Waals surface area contributed by atoms with Crippen molar-refractivity contribution in [1.29, 1.82) is 0 Å². The van der Waals surface area contributed by atoms with Gasteiger partial charge in [0.25, 0.3) is 0 Å². The summed E-state index contributed by atoms with van der Waals surface area (Å²) in [5, 5.41) is 9.49.